The molecule has 0 amide bonds. The summed E-state index contributed by atoms with van der Waals surface area (Å²) in [4.78, 5) is 9.21. The number of benzene rings is 2. The summed E-state index contributed by atoms with van der Waals surface area (Å²) in [5.41, 5.74) is 6.35. The van der Waals surface area contributed by atoms with E-state index in [2.05, 4.69) is 76.4 Å². The monoisotopic (exact) mass is 550 g/mol. The van der Waals surface area contributed by atoms with Crippen LogP contribution in [-0.4, -0.2) is 63.9 Å². The van der Waals surface area contributed by atoms with Crippen molar-refractivity contribution >= 4 is 35.6 Å². The van der Waals surface area contributed by atoms with E-state index in [1.165, 1.54) is 27.9 Å². The average Bonchev–Trinajstić information content (AvgIpc) is 2.81. The number of morpholine rings is 2. The summed E-state index contributed by atoms with van der Waals surface area (Å²) in [6, 6.07) is 15.4. The van der Waals surface area contributed by atoms with Crippen LogP contribution in [0.25, 0.3) is 0 Å². The molecule has 1 unspecified atom stereocenters. The molecule has 1 N–H and O–H groups in total. The molecule has 2 aliphatic heterocycles. The molecule has 2 aromatic rings. The average molecular weight is 550 g/mol. The molecule has 0 bridgehead atoms. The summed E-state index contributed by atoms with van der Waals surface area (Å²) >= 11 is 0. The molecule has 2 saturated heterocycles. The van der Waals surface area contributed by atoms with E-state index in [9.17, 15) is 0 Å². The van der Waals surface area contributed by atoms with E-state index in [0.29, 0.717) is 6.61 Å². The predicted octanol–water partition coefficient (Wildman–Crippen LogP) is 3.91. The van der Waals surface area contributed by atoms with Gasteiger partial charge in [-0.15, -0.1) is 24.0 Å². The Morgan fingerprint density at radius 1 is 1.03 bits per heavy atom. The van der Waals surface area contributed by atoms with E-state index in [4.69, 9.17) is 9.47 Å². The maximum atomic E-state index is 6.11. The molecule has 4 rings (SSSR count). The van der Waals surface area contributed by atoms with Crippen molar-refractivity contribution in [2.75, 3.05) is 57.9 Å². The zero-order valence-corrected chi connectivity index (χ0v) is 21.7. The number of hydrogen-bond acceptors (Lipinski definition) is 4. The van der Waals surface area contributed by atoms with Crippen LogP contribution in [0, 0.1) is 13.8 Å². The highest BCUT2D eigenvalue weighted by atomic mass is 127. The van der Waals surface area contributed by atoms with E-state index >= 15 is 0 Å². The normalized spacial score (nSPS) is 19.5. The lowest BCUT2D eigenvalue weighted by molar-refractivity contribution is -0.00834. The van der Waals surface area contributed by atoms with Crippen LogP contribution in [0.1, 0.15) is 28.4 Å². The third-order valence-corrected chi connectivity index (χ3v) is 6.11. The largest absolute Gasteiger partial charge is 0.378 e. The van der Waals surface area contributed by atoms with Crippen LogP contribution in [0.2, 0.25) is 0 Å². The maximum absolute atomic E-state index is 6.11. The number of hydrogen-bond donors (Lipinski definition) is 1. The zero-order chi connectivity index (χ0) is 21.6. The Balaban J connectivity index is 0.00000289. The second-order valence-electron chi connectivity index (χ2n) is 8.33. The van der Waals surface area contributed by atoms with Gasteiger partial charge in [-0.1, -0.05) is 35.9 Å². The Morgan fingerprint density at radius 3 is 2.47 bits per heavy atom. The summed E-state index contributed by atoms with van der Waals surface area (Å²) < 4.78 is 11.6. The van der Waals surface area contributed by atoms with Crippen molar-refractivity contribution in [3.63, 3.8) is 0 Å². The molecule has 2 heterocycles. The molecule has 32 heavy (non-hydrogen) atoms. The van der Waals surface area contributed by atoms with Crippen molar-refractivity contribution in [1.29, 1.82) is 0 Å². The third-order valence-electron chi connectivity index (χ3n) is 6.11. The summed E-state index contributed by atoms with van der Waals surface area (Å²) in [6.07, 6.45) is 0.0701. The van der Waals surface area contributed by atoms with Gasteiger partial charge in [0.05, 0.1) is 26.4 Å². The highest BCUT2D eigenvalue weighted by Crippen LogP contribution is 2.26. The smallest absolute Gasteiger partial charge is 0.194 e. The second kappa shape index (κ2) is 11.9. The quantitative estimate of drug-likeness (QED) is 0.356. The summed E-state index contributed by atoms with van der Waals surface area (Å²) in [5.74, 6) is 0.926. The number of nitrogens with zero attached hydrogens (tertiary/aromatic N) is 3. The Kier molecular flexibility index (Phi) is 9.19. The lowest BCUT2D eigenvalue weighted by Gasteiger charge is -2.36. The van der Waals surface area contributed by atoms with Gasteiger partial charge in [0.15, 0.2) is 5.96 Å². The van der Waals surface area contributed by atoms with E-state index in [-0.39, 0.29) is 30.1 Å². The molecule has 2 aromatic carbocycles. The Morgan fingerprint density at radius 2 is 1.78 bits per heavy atom. The SMILES string of the molecule is CN=C(NCc1ccc(N2CCOCC2)cc1)N1CCOC(c2ccc(C)cc2C)C1.I. The van der Waals surface area contributed by atoms with Crippen molar-refractivity contribution in [2.24, 2.45) is 4.99 Å². The maximum Gasteiger partial charge on any atom is 0.194 e. The molecule has 0 spiro atoms. The molecule has 174 valence electrons. The minimum atomic E-state index is 0. The molecule has 0 aromatic heterocycles. The van der Waals surface area contributed by atoms with E-state index in [1.54, 1.807) is 0 Å². The van der Waals surface area contributed by atoms with Gasteiger partial charge in [0.1, 0.15) is 6.10 Å². The number of guanidine groups is 1. The number of aryl methyl sites for hydroxylation is 2. The highest BCUT2D eigenvalue weighted by molar-refractivity contribution is 14.0. The van der Waals surface area contributed by atoms with Crippen LogP contribution in [0.3, 0.4) is 0 Å². The first kappa shape index (κ1) is 24.8. The zero-order valence-electron chi connectivity index (χ0n) is 19.3. The fourth-order valence-corrected chi connectivity index (χ4v) is 4.38. The molecule has 0 aliphatic carbocycles. The van der Waals surface area contributed by atoms with Crippen molar-refractivity contribution in [3.8, 4) is 0 Å². The molecular formula is C25H35IN4O2. The Hall–Kier alpha value is -1.84. The topological polar surface area (TPSA) is 49.3 Å². The van der Waals surface area contributed by atoms with Crippen LogP contribution in [0.4, 0.5) is 5.69 Å². The van der Waals surface area contributed by atoms with Gasteiger partial charge in [-0.05, 0) is 42.7 Å². The molecule has 6 nitrogen and oxygen atoms in total. The number of anilines is 1. The molecule has 0 radical (unpaired) electrons. The predicted molar refractivity (Wildman–Crippen MR) is 141 cm³/mol. The van der Waals surface area contributed by atoms with Crippen LogP contribution in [0.5, 0.6) is 0 Å². The van der Waals surface area contributed by atoms with Crippen molar-refractivity contribution in [2.45, 2.75) is 26.5 Å². The number of aliphatic imine (C=N–C) groups is 1. The number of ether oxygens (including phenoxy) is 2. The van der Waals surface area contributed by atoms with E-state index in [0.717, 1.165) is 51.9 Å². The van der Waals surface area contributed by atoms with E-state index < -0.39 is 0 Å². The van der Waals surface area contributed by atoms with E-state index in [1.807, 2.05) is 7.05 Å². The van der Waals surface area contributed by atoms with Gasteiger partial charge in [0.25, 0.3) is 0 Å². The lowest BCUT2D eigenvalue weighted by Crippen LogP contribution is -2.48. The molecule has 7 heteroatoms. The van der Waals surface area contributed by atoms with Crippen LogP contribution < -0.4 is 10.2 Å². The Labute approximate surface area is 209 Å². The van der Waals surface area contributed by atoms with Gasteiger partial charge in [0, 0.05) is 38.9 Å². The van der Waals surface area contributed by atoms with Crippen LogP contribution in [-0.2, 0) is 16.0 Å². The van der Waals surface area contributed by atoms with Crippen LogP contribution in [0.15, 0.2) is 47.5 Å². The lowest BCUT2D eigenvalue weighted by atomic mass is 10.00. The highest BCUT2D eigenvalue weighted by Gasteiger charge is 2.25. The molecule has 1 atom stereocenters. The number of nitrogens with one attached hydrogen (secondary N) is 1. The standard InChI is InChI=1S/C25H34N4O2.HI/c1-19-4-9-23(20(2)16-19)24-18-29(12-15-31-24)25(26-3)27-17-21-5-7-22(8-6-21)28-10-13-30-14-11-28;/h4-9,16,24H,10-15,17-18H2,1-3H3,(H,26,27);1H. The number of halogens is 1. The van der Waals surface area contributed by atoms with Gasteiger partial charge < -0.3 is 24.6 Å². The van der Waals surface area contributed by atoms with Gasteiger partial charge in [-0.25, -0.2) is 0 Å². The third kappa shape index (κ3) is 6.14. The van der Waals surface area contributed by atoms with Gasteiger partial charge in [-0.2, -0.15) is 0 Å². The van der Waals surface area contributed by atoms with Gasteiger partial charge >= 0.3 is 0 Å². The number of rotatable bonds is 4. The molecule has 2 fully saturated rings. The van der Waals surface area contributed by atoms with Gasteiger partial charge in [0.2, 0.25) is 0 Å². The first-order chi connectivity index (χ1) is 15.1. The first-order valence-corrected chi connectivity index (χ1v) is 11.2. The van der Waals surface area contributed by atoms with Gasteiger partial charge in [-0.3, -0.25) is 4.99 Å². The molecule has 0 saturated carbocycles. The first-order valence-electron chi connectivity index (χ1n) is 11.2. The van der Waals surface area contributed by atoms with Crippen molar-refractivity contribution < 1.29 is 9.47 Å². The summed E-state index contributed by atoms with van der Waals surface area (Å²) in [5, 5.41) is 3.54. The second-order valence-corrected chi connectivity index (χ2v) is 8.33. The minimum absolute atomic E-state index is 0. The van der Waals surface area contributed by atoms with Crippen molar-refractivity contribution in [1.82, 2.24) is 10.2 Å². The Bertz CT molecular complexity index is 897. The summed E-state index contributed by atoms with van der Waals surface area (Å²) in [6.45, 7) is 10.9. The fourth-order valence-electron chi connectivity index (χ4n) is 4.38. The van der Waals surface area contributed by atoms with Crippen molar-refractivity contribution in [3.05, 3.63) is 64.7 Å². The minimum Gasteiger partial charge on any atom is -0.378 e. The fraction of sp³-hybridized carbons (Fsp3) is 0.480. The van der Waals surface area contributed by atoms with Crippen LogP contribution >= 0.6 is 24.0 Å². The molecular weight excluding hydrogens is 515 g/mol. The molecule has 2 aliphatic rings. The summed E-state index contributed by atoms with van der Waals surface area (Å²) in [7, 11) is 1.85.